The van der Waals surface area contributed by atoms with Crippen LogP contribution in [0, 0.1) is 0 Å². The fraction of sp³-hybridized carbons (Fsp3) is 0.286. The van der Waals surface area contributed by atoms with Crippen LogP contribution in [0.4, 0.5) is 5.82 Å². The maximum atomic E-state index is 13.6. The lowest BCUT2D eigenvalue weighted by Crippen LogP contribution is -2.49. The first kappa shape index (κ1) is 24.1. The van der Waals surface area contributed by atoms with Crippen LogP contribution in [0.1, 0.15) is 25.3 Å². The highest BCUT2D eigenvalue weighted by Gasteiger charge is 2.23. The van der Waals surface area contributed by atoms with Gasteiger partial charge < -0.3 is 9.80 Å². The number of nitrogens with zero attached hydrogens (tertiary/aromatic N) is 5. The van der Waals surface area contributed by atoms with Crippen molar-refractivity contribution in [2.24, 2.45) is 0 Å². The minimum atomic E-state index is -0.118. The number of para-hydroxylation sites is 2. The van der Waals surface area contributed by atoms with Crippen LogP contribution < -0.4 is 10.5 Å². The van der Waals surface area contributed by atoms with Crippen molar-refractivity contribution in [3.63, 3.8) is 0 Å². The summed E-state index contributed by atoms with van der Waals surface area (Å²) < 4.78 is 1.68. The third-order valence-electron chi connectivity index (χ3n) is 6.47. The van der Waals surface area contributed by atoms with Gasteiger partial charge in [0, 0.05) is 32.4 Å². The summed E-state index contributed by atoms with van der Waals surface area (Å²) in [4.78, 5) is 40.1. The maximum Gasteiger partial charge on any atom is 0.266 e. The molecule has 8 heteroatoms. The number of aromatic nitrogens is 3. The number of anilines is 1. The number of carbonyl (C=O) groups is 1. The number of rotatable bonds is 6. The second-order valence-corrected chi connectivity index (χ2v) is 10.1. The largest absolute Gasteiger partial charge is 0.353 e. The van der Waals surface area contributed by atoms with Crippen LogP contribution >= 0.6 is 11.8 Å². The van der Waals surface area contributed by atoms with E-state index in [2.05, 4.69) is 23.7 Å². The van der Waals surface area contributed by atoms with Crippen molar-refractivity contribution in [2.45, 2.75) is 24.9 Å². The molecule has 36 heavy (non-hydrogen) atoms. The van der Waals surface area contributed by atoms with Crippen LogP contribution in [-0.4, -0.2) is 57.3 Å². The van der Waals surface area contributed by atoms with Crippen LogP contribution in [0.3, 0.4) is 0 Å². The van der Waals surface area contributed by atoms with Crippen LogP contribution in [0.2, 0.25) is 0 Å². The number of fused-ring (bicyclic) bond motifs is 1. The SMILES string of the molecule is CC(C)c1ccccc1-n1c(SCC(=O)N2CCN(c3ccccn3)CC2)nc2ccccc2c1=O. The van der Waals surface area contributed by atoms with Crippen LogP contribution in [0.15, 0.2) is 82.9 Å². The van der Waals surface area contributed by atoms with Crippen LogP contribution in [-0.2, 0) is 4.79 Å². The summed E-state index contributed by atoms with van der Waals surface area (Å²) in [6.45, 7) is 7.00. The van der Waals surface area contributed by atoms with Crippen molar-refractivity contribution in [3.05, 3.63) is 88.8 Å². The normalized spacial score (nSPS) is 14.0. The Balaban J connectivity index is 1.39. The van der Waals surface area contributed by atoms with E-state index in [1.54, 1.807) is 16.8 Å². The molecule has 1 fully saturated rings. The van der Waals surface area contributed by atoms with Crippen molar-refractivity contribution in [3.8, 4) is 5.69 Å². The summed E-state index contributed by atoms with van der Waals surface area (Å²) in [7, 11) is 0. The third kappa shape index (κ3) is 4.86. The molecular weight excluding hydrogens is 470 g/mol. The van der Waals surface area contributed by atoms with Crippen molar-refractivity contribution < 1.29 is 4.79 Å². The van der Waals surface area contributed by atoms with Crippen molar-refractivity contribution in [1.82, 2.24) is 19.4 Å². The molecule has 2 aromatic carbocycles. The lowest BCUT2D eigenvalue weighted by atomic mass is 10.0. The molecule has 4 aromatic rings. The Hall–Kier alpha value is -3.65. The van der Waals surface area contributed by atoms with Gasteiger partial charge in [-0.1, -0.05) is 62.0 Å². The van der Waals surface area contributed by atoms with Gasteiger partial charge in [0.1, 0.15) is 5.82 Å². The molecule has 0 aliphatic carbocycles. The molecule has 0 atom stereocenters. The van der Waals surface area contributed by atoms with Gasteiger partial charge in [-0.05, 0) is 41.8 Å². The van der Waals surface area contributed by atoms with E-state index >= 15 is 0 Å². The number of thioether (sulfide) groups is 1. The Morgan fingerprint density at radius 2 is 1.67 bits per heavy atom. The molecule has 0 bridgehead atoms. The van der Waals surface area contributed by atoms with Gasteiger partial charge in [0.05, 0.1) is 22.3 Å². The predicted molar refractivity (Wildman–Crippen MR) is 145 cm³/mol. The monoisotopic (exact) mass is 499 g/mol. The van der Waals surface area contributed by atoms with E-state index in [4.69, 9.17) is 4.98 Å². The fourth-order valence-electron chi connectivity index (χ4n) is 4.54. The molecule has 5 rings (SSSR count). The van der Waals surface area contributed by atoms with E-state index in [1.807, 2.05) is 65.6 Å². The highest BCUT2D eigenvalue weighted by Crippen LogP contribution is 2.27. The first-order valence-electron chi connectivity index (χ1n) is 12.2. The molecule has 1 aliphatic heterocycles. The fourth-order valence-corrected chi connectivity index (χ4v) is 5.45. The zero-order valence-electron chi connectivity index (χ0n) is 20.5. The van der Waals surface area contributed by atoms with Crippen molar-refractivity contribution in [1.29, 1.82) is 0 Å². The smallest absolute Gasteiger partial charge is 0.266 e. The van der Waals surface area contributed by atoms with Gasteiger partial charge in [0.15, 0.2) is 5.16 Å². The third-order valence-corrected chi connectivity index (χ3v) is 7.40. The molecule has 2 aromatic heterocycles. The summed E-state index contributed by atoms with van der Waals surface area (Å²) in [6.07, 6.45) is 1.79. The Labute approximate surface area is 214 Å². The molecular formula is C28H29N5O2S. The number of carbonyl (C=O) groups excluding carboxylic acids is 1. The van der Waals surface area contributed by atoms with E-state index in [1.165, 1.54) is 11.8 Å². The van der Waals surface area contributed by atoms with E-state index in [9.17, 15) is 9.59 Å². The number of benzene rings is 2. The first-order chi connectivity index (χ1) is 17.5. The lowest BCUT2D eigenvalue weighted by molar-refractivity contribution is -0.128. The standard InChI is InChI=1S/C28H29N5O2S/c1-20(2)21-9-4-6-12-24(21)33-27(35)22-10-3-5-11-23(22)30-28(33)36-19-26(34)32-17-15-31(16-18-32)25-13-7-8-14-29-25/h3-14,20H,15-19H2,1-2H3. The first-order valence-corrected chi connectivity index (χ1v) is 13.2. The number of hydrogen-bond donors (Lipinski definition) is 0. The summed E-state index contributed by atoms with van der Waals surface area (Å²) >= 11 is 1.32. The van der Waals surface area contributed by atoms with Gasteiger partial charge in [-0.2, -0.15) is 0 Å². The molecule has 1 amide bonds. The number of pyridine rings is 1. The summed E-state index contributed by atoms with van der Waals surface area (Å²) in [5.74, 6) is 1.44. The van der Waals surface area contributed by atoms with Gasteiger partial charge >= 0.3 is 0 Å². The quantitative estimate of drug-likeness (QED) is 0.290. The summed E-state index contributed by atoms with van der Waals surface area (Å²) in [5.41, 5.74) is 2.40. The number of hydrogen-bond acceptors (Lipinski definition) is 6. The average molecular weight is 500 g/mol. The molecule has 0 saturated carbocycles. The highest BCUT2D eigenvalue weighted by molar-refractivity contribution is 7.99. The average Bonchev–Trinajstić information content (AvgIpc) is 2.92. The van der Waals surface area contributed by atoms with Gasteiger partial charge in [-0.15, -0.1) is 0 Å². The lowest BCUT2D eigenvalue weighted by Gasteiger charge is -2.35. The second-order valence-electron chi connectivity index (χ2n) is 9.11. The predicted octanol–water partition coefficient (Wildman–Crippen LogP) is 4.35. The molecule has 0 unspecified atom stereocenters. The van der Waals surface area contributed by atoms with Gasteiger partial charge in [-0.25, -0.2) is 9.97 Å². The zero-order valence-corrected chi connectivity index (χ0v) is 21.3. The van der Waals surface area contributed by atoms with Gasteiger partial charge in [-0.3, -0.25) is 14.2 Å². The Morgan fingerprint density at radius 1 is 0.944 bits per heavy atom. The van der Waals surface area contributed by atoms with E-state index in [0.717, 1.165) is 30.2 Å². The van der Waals surface area contributed by atoms with E-state index < -0.39 is 0 Å². The van der Waals surface area contributed by atoms with Crippen LogP contribution in [0.25, 0.3) is 16.6 Å². The summed E-state index contributed by atoms with van der Waals surface area (Å²) in [5, 5.41) is 1.10. The molecule has 0 N–H and O–H groups in total. The molecule has 1 aliphatic rings. The molecule has 3 heterocycles. The van der Waals surface area contributed by atoms with Crippen molar-refractivity contribution >= 4 is 34.4 Å². The Bertz CT molecular complexity index is 1430. The van der Waals surface area contributed by atoms with Gasteiger partial charge in [0.25, 0.3) is 5.56 Å². The minimum absolute atomic E-state index is 0.0479. The molecule has 184 valence electrons. The Kier molecular flexibility index (Phi) is 7.04. The highest BCUT2D eigenvalue weighted by atomic mass is 32.2. The van der Waals surface area contributed by atoms with E-state index in [-0.39, 0.29) is 23.1 Å². The molecule has 1 saturated heterocycles. The Morgan fingerprint density at radius 3 is 2.42 bits per heavy atom. The number of piperazine rings is 1. The van der Waals surface area contributed by atoms with E-state index in [0.29, 0.717) is 29.1 Å². The summed E-state index contributed by atoms with van der Waals surface area (Å²) in [6, 6.07) is 21.2. The van der Waals surface area contributed by atoms with Crippen molar-refractivity contribution in [2.75, 3.05) is 36.8 Å². The minimum Gasteiger partial charge on any atom is -0.353 e. The second kappa shape index (κ2) is 10.5. The molecule has 0 spiro atoms. The molecule has 0 radical (unpaired) electrons. The van der Waals surface area contributed by atoms with Gasteiger partial charge in [0.2, 0.25) is 5.91 Å². The zero-order chi connectivity index (χ0) is 25.1. The topological polar surface area (TPSA) is 71.3 Å². The van der Waals surface area contributed by atoms with Crippen LogP contribution in [0.5, 0.6) is 0 Å². The maximum absolute atomic E-state index is 13.6. The molecule has 7 nitrogen and oxygen atoms in total. The number of amides is 1.